The third-order valence-corrected chi connectivity index (χ3v) is 4.64. The minimum absolute atomic E-state index is 0.0545. The average Bonchev–Trinajstić information content (AvgIpc) is 2.84. The van der Waals surface area contributed by atoms with E-state index in [1.165, 1.54) is 4.70 Å². The molecule has 0 aliphatic heterocycles. The van der Waals surface area contributed by atoms with Crippen molar-refractivity contribution in [3.63, 3.8) is 0 Å². The third kappa shape index (κ3) is 5.10. The zero-order chi connectivity index (χ0) is 15.3. The van der Waals surface area contributed by atoms with Gasteiger partial charge in [0.05, 0.1) is 10.2 Å². The van der Waals surface area contributed by atoms with Crippen LogP contribution in [-0.2, 0) is 11.3 Å². The number of hydrogen-bond donors (Lipinski definition) is 2. The van der Waals surface area contributed by atoms with Crippen LogP contribution in [0.15, 0.2) is 24.3 Å². The predicted molar refractivity (Wildman–Crippen MR) is 86.6 cm³/mol. The van der Waals surface area contributed by atoms with E-state index in [-0.39, 0.29) is 11.8 Å². The zero-order valence-electron chi connectivity index (χ0n) is 12.6. The Bertz CT molecular complexity index is 574. The summed E-state index contributed by atoms with van der Waals surface area (Å²) in [5.41, 5.74) is 1.11. The topological polar surface area (TPSA) is 62.2 Å². The van der Waals surface area contributed by atoms with E-state index in [0.29, 0.717) is 6.42 Å². The van der Waals surface area contributed by atoms with Crippen LogP contribution in [0, 0.1) is 5.41 Å². The predicted octanol–water partition coefficient (Wildman–Crippen LogP) is 3.67. The van der Waals surface area contributed by atoms with Gasteiger partial charge in [0.15, 0.2) is 0 Å². The second kappa shape index (κ2) is 7.00. The first kappa shape index (κ1) is 15.9. The highest BCUT2D eigenvalue weighted by Gasteiger charge is 2.18. The van der Waals surface area contributed by atoms with Gasteiger partial charge in [0, 0.05) is 13.0 Å². The molecule has 2 aromatic rings. The molecule has 1 aromatic heterocycles. The molecule has 21 heavy (non-hydrogen) atoms. The van der Waals surface area contributed by atoms with Crippen LogP contribution in [0.4, 0.5) is 0 Å². The summed E-state index contributed by atoms with van der Waals surface area (Å²) in [5, 5.41) is 13.2. The highest BCUT2D eigenvalue weighted by Crippen LogP contribution is 2.26. The Morgan fingerprint density at radius 2 is 2.10 bits per heavy atom. The number of hydrogen-bond acceptors (Lipinski definition) is 4. The summed E-state index contributed by atoms with van der Waals surface area (Å²) < 4.78 is 1.22. The molecule has 2 rings (SSSR count). The number of nitrogens with one attached hydrogen (secondary N) is 1. The Morgan fingerprint density at radius 3 is 2.81 bits per heavy atom. The van der Waals surface area contributed by atoms with E-state index in [1.807, 2.05) is 18.2 Å². The fourth-order valence-corrected chi connectivity index (χ4v) is 3.12. The number of carboxylic acid groups (broad SMARTS) is 1. The van der Waals surface area contributed by atoms with Crippen LogP contribution in [0.1, 0.15) is 38.1 Å². The smallest absolute Gasteiger partial charge is 0.303 e. The van der Waals surface area contributed by atoms with Gasteiger partial charge in [-0.1, -0.05) is 26.0 Å². The first-order valence-corrected chi connectivity index (χ1v) is 8.05. The molecule has 0 spiro atoms. The Morgan fingerprint density at radius 1 is 1.33 bits per heavy atom. The van der Waals surface area contributed by atoms with Crippen molar-refractivity contribution < 1.29 is 9.90 Å². The van der Waals surface area contributed by atoms with Gasteiger partial charge in [0.25, 0.3) is 0 Å². The maximum Gasteiger partial charge on any atom is 0.303 e. The molecule has 0 radical (unpaired) electrons. The highest BCUT2D eigenvalue weighted by atomic mass is 32.1. The standard InChI is InChI=1S/C16H22N2O2S/c1-16(2,8-7-15(19)20)9-10-17-11-14-18-12-5-3-4-6-13(12)21-14/h3-6,17H,7-11H2,1-2H3,(H,19,20). The van der Waals surface area contributed by atoms with Crippen LogP contribution in [0.5, 0.6) is 0 Å². The van der Waals surface area contributed by atoms with E-state index >= 15 is 0 Å². The minimum atomic E-state index is -0.717. The van der Waals surface area contributed by atoms with Crippen LogP contribution in [-0.4, -0.2) is 22.6 Å². The van der Waals surface area contributed by atoms with Gasteiger partial charge in [-0.15, -0.1) is 11.3 Å². The Kier molecular flexibility index (Phi) is 5.31. The number of benzene rings is 1. The summed E-state index contributed by atoms with van der Waals surface area (Å²) in [4.78, 5) is 15.2. The number of aromatic nitrogens is 1. The van der Waals surface area contributed by atoms with Crippen LogP contribution in [0.3, 0.4) is 0 Å². The SMILES string of the molecule is CC(C)(CCNCc1nc2ccccc2s1)CCC(=O)O. The summed E-state index contributed by atoms with van der Waals surface area (Å²) in [6, 6.07) is 8.16. The lowest BCUT2D eigenvalue weighted by Crippen LogP contribution is -2.22. The van der Waals surface area contributed by atoms with Crippen LogP contribution < -0.4 is 5.32 Å². The van der Waals surface area contributed by atoms with Gasteiger partial charge in [-0.25, -0.2) is 4.98 Å². The molecule has 0 fully saturated rings. The van der Waals surface area contributed by atoms with Crippen molar-refractivity contribution in [3.8, 4) is 0 Å². The molecule has 0 saturated heterocycles. The number of rotatable bonds is 8. The van der Waals surface area contributed by atoms with Gasteiger partial charge in [-0.2, -0.15) is 0 Å². The van der Waals surface area contributed by atoms with Crippen LogP contribution >= 0.6 is 11.3 Å². The van der Waals surface area contributed by atoms with E-state index in [4.69, 9.17) is 5.11 Å². The van der Waals surface area contributed by atoms with Crippen LogP contribution in [0.2, 0.25) is 0 Å². The Balaban J connectivity index is 1.75. The number of carbonyl (C=O) groups is 1. The minimum Gasteiger partial charge on any atom is -0.481 e. The lowest BCUT2D eigenvalue weighted by Gasteiger charge is -2.23. The molecule has 0 saturated carbocycles. The fourth-order valence-electron chi connectivity index (χ4n) is 2.19. The Hall–Kier alpha value is -1.46. The van der Waals surface area contributed by atoms with Crippen molar-refractivity contribution in [2.24, 2.45) is 5.41 Å². The second-order valence-electron chi connectivity index (χ2n) is 6.06. The van der Waals surface area contributed by atoms with Crippen molar-refractivity contribution in [1.82, 2.24) is 10.3 Å². The largest absolute Gasteiger partial charge is 0.481 e. The summed E-state index contributed by atoms with van der Waals surface area (Å²) in [7, 11) is 0. The molecule has 0 aliphatic carbocycles. The second-order valence-corrected chi connectivity index (χ2v) is 7.18. The monoisotopic (exact) mass is 306 g/mol. The molecule has 5 heteroatoms. The van der Waals surface area contributed by atoms with Gasteiger partial charge in [-0.3, -0.25) is 4.79 Å². The molecule has 114 valence electrons. The van der Waals surface area contributed by atoms with Crippen molar-refractivity contribution in [3.05, 3.63) is 29.3 Å². The Labute approximate surface area is 129 Å². The molecule has 0 amide bonds. The van der Waals surface area contributed by atoms with E-state index in [2.05, 4.69) is 30.2 Å². The summed E-state index contributed by atoms with van der Waals surface area (Å²) in [5.74, 6) is -0.717. The summed E-state index contributed by atoms with van der Waals surface area (Å²) in [6.45, 7) is 5.89. The molecule has 0 atom stereocenters. The third-order valence-electron chi connectivity index (χ3n) is 3.61. The van der Waals surface area contributed by atoms with Crippen molar-refractivity contribution >= 4 is 27.5 Å². The molecule has 0 unspecified atom stereocenters. The number of carboxylic acids is 1. The molecular weight excluding hydrogens is 284 g/mol. The lowest BCUT2D eigenvalue weighted by molar-refractivity contribution is -0.137. The maximum absolute atomic E-state index is 10.6. The summed E-state index contributed by atoms with van der Waals surface area (Å²) in [6.07, 6.45) is 1.92. The zero-order valence-corrected chi connectivity index (χ0v) is 13.4. The number of para-hydroxylation sites is 1. The van der Waals surface area contributed by atoms with Gasteiger partial charge >= 0.3 is 5.97 Å². The van der Waals surface area contributed by atoms with Gasteiger partial charge in [0.1, 0.15) is 5.01 Å². The van der Waals surface area contributed by atoms with Crippen molar-refractivity contribution in [1.29, 1.82) is 0 Å². The number of thiazole rings is 1. The van der Waals surface area contributed by atoms with E-state index in [1.54, 1.807) is 11.3 Å². The first-order valence-electron chi connectivity index (χ1n) is 7.23. The van der Waals surface area contributed by atoms with E-state index in [0.717, 1.165) is 30.0 Å². The fraction of sp³-hybridized carbons (Fsp3) is 0.500. The van der Waals surface area contributed by atoms with Gasteiger partial charge in [0.2, 0.25) is 0 Å². The molecule has 1 aromatic carbocycles. The van der Waals surface area contributed by atoms with Crippen molar-refractivity contribution in [2.45, 2.75) is 39.7 Å². The molecule has 4 nitrogen and oxygen atoms in total. The van der Waals surface area contributed by atoms with E-state index < -0.39 is 5.97 Å². The van der Waals surface area contributed by atoms with Crippen molar-refractivity contribution in [2.75, 3.05) is 6.54 Å². The summed E-state index contributed by atoms with van der Waals surface area (Å²) >= 11 is 1.72. The molecule has 1 heterocycles. The quantitative estimate of drug-likeness (QED) is 0.731. The van der Waals surface area contributed by atoms with Gasteiger partial charge < -0.3 is 10.4 Å². The first-order chi connectivity index (χ1) is 9.96. The molecule has 0 aliphatic rings. The number of nitrogens with zero attached hydrogens (tertiary/aromatic N) is 1. The molecule has 0 bridgehead atoms. The van der Waals surface area contributed by atoms with Crippen LogP contribution in [0.25, 0.3) is 10.2 Å². The normalized spacial score (nSPS) is 11.9. The highest BCUT2D eigenvalue weighted by molar-refractivity contribution is 7.18. The number of fused-ring (bicyclic) bond motifs is 1. The molecular formula is C16H22N2O2S. The van der Waals surface area contributed by atoms with E-state index in [9.17, 15) is 4.79 Å². The van der Waals surface area contributed by atoms with Gasteiger partial charge in [-0.05, 0) is 36.9 Å². The number of aliphatic carboxylic acids is 1. The molecule has 2 N–H and O–H groups in total. The maximum atomic E-state index is 10.6. The lowest BCUT2D eigenvalue weighted by atomic mass is 9.84. The average molecular weight is 306 g/mol.